The van der Waals surface area contributed by atoms with Crippen molar-refractivity contribution in [3.63, 3.8) is 0 Å². The van der Waals surface area contributed by atoms with Gasteiger partial charge in [-0.15, -0.1) is 5.10 Å². The molecule has 8 heteroatoms. The summed E-state index contributed by atoms with van der Waals surface area (Å²) in [4.78, 5) is 12.0. The SMILES string of the molecule is O=C(NCc1nnnn1-c1ccc(F)cc1)c1cccc(F)c1. The maximum Gasteiger partial charge on any atom is 0.251 e. The molecule has 2 aromatic carbocycles. The lowest BCUT2D eigenvalue weighted by molar-refractivity contribution is 0.0949. The molecule has 23 heavy (non-hydrogen) atoms. The maximum absolute atomic E-state index is 13.1. The highest BCUT2D eigenvalue weighted by molar-refractivity contribution is 5.94. The lowest BCUT2D eigenvalue weighted by Gasteiger charge is -2.06. The number of carbonyl (C=O) groups is 1. The van der Waals surface area contributed by atoms with E-state index in [9.17, 15) is 13.6 Å². The number of nitrogens with zero attached hydrogens (tertiary/aromatic N) is 4. The summed E-state index contributed by atoms with van der Waals surface area (Å²) in [6, 6.07) is 10.9. The number of rotatable bonds is 4. The van der Waals surface area contributed by atoms with Crippen molar-refractivity contribution in [3.05, 3.63) is 71.6 Å². The number of hydrogen-bond donors (Lipinski definition) is 1. The second-order valence-electron chi connectivity index (χ2n) is 4.68. The molecule has 0 saturated carbocycles. The van der Waals surface area contributed by atoms with Crippen molar-refractivity contribution in [3.8, 4) is 5.69 Å². The molecule has 1 heterocycles. The Labute approximate surface area is 129 Å². The van der Waals surface area contributed by atoms with Crippen LogP contribution in [0.15, 0.2) is 48.5 Å². The molecular weight excluding hydrogens is 304 g/mol. The van der Waals surface area contributed by atoms with E-state index in [-0.39, 0.29) is 17.9 Å². The Kier molecular flexibility index (Phi) is 4.05. The predicted octanol–water partition coefficient (Wildman–Crippen LogP) is 1.87. The van der Waals surface area contributed by atoms with E-state index in [1.807, 2.05) is 0 Å². The lowest BCUT2D eigenvalue weighted by atomic mass is 10.2. The van der Waals surface area contributed by atoms with Crippen molar-refractivity contribution in [1.82, 2.24) is 25.5 Å². The van der Waals surface area contributed by atoms with E-state index < -0.39 is 11.7 Å². The van der Waals surface area contributed by atoms with E-state index in [0.29, 0.717) is 11.5 Å². The first kappa shape index (κ1) is 14.8. The Hall–Kier alpha value is -3.16. The molecule has 3 aromatic rings. The minimum absolute atomic E-state index is 0.0414. The van der Waals surface area contributed by atoms with Crippen LogP contribution in [0.4, 0.5) is 8.78 Å². The average Bonchev–Trinajstić information content (AvgIpc) is 3.02. The van der Waals surface area contributed by atoms with Crippen molar-refractivity contribution in [2.75, 3.05) is 0 Å². The van der Waals surface area contributed by atoms with Gasteiger partial charge >= 0.3 is 0 Å². The number of hydrogen-bond acceptors (Lipinski definition) is 4. The first-order valence-electron chi connectivity index (χ1n) is 6.70. The summed E-state index contributed by atoms with van der Waals surface area (Å²) < 4.78 is 27.4. The van der Waals surface area contributed by atoms with Crippen LogP contribution >= 0.6 is 0 Å². The van der Waals surface area contributed by atoms with Crippen LogP contribution in [0.1, 0.15) is 16.2 Å². The summed E-state index contributed by atoms with van der Waals surface area (Å²) in [7, 11) is 0. The Morgan fingerprint density at radius 3 is 2.61 bits per heavy atom. The number of tetrazole rings is 1. The van der Waals surface area contributed by atoms with Gasteiger partial charge in [0.25, 0.3) is 5.91 Å². The second kappa shape index (κ2) is 6.30. The summed E-state index contributed by atoms with van der Waals surface area (Å²) in [5.41, 5.74) is 0.761. The molecule has 0 fully saturated rings. The number of amides is 1. The highest BCUT2D eigenvalue weighted by Crippen LogP contribution is 2.09. The van der Waals surface area contributed by atoms with Crippen LogP contribution in [-0.2, 0) is 6.54 Å². The van der Waals surface area contributed by atoms with E-state index in [0.717, 1.165) is 6.07 Å². The van der Waals surface area contributed by atoms with E-state index in [4.69, 9.17) is 0 Å². The van der Waals surface area contributed by atoms with Gasteiger partial charge in [0.05, 0.1) is 12.2 Å². The summed E-state index contributed by atoms with van der Waals surface area (Å²) in [6.07, 6.45) is 0. The average molecular weight is 315 g/mol. The normalized spacial score (nSPS) is 10.5. The molecule has 0 aliphatic heterocycles. The largest absolute Gasteiger partial charge is 0.345 e. The molecule has 3 rings (SSSR count). The summed E-state index contributed by atoms with van der Waals surface area (Å²) in [6.45, 7) is 0.0414. The number of nitrogens with one attached hydrogen (secondary N) is 1. The highest BCUT2D eigenvalue weighted by atomic mass is 19.1. The third kappa shape index (κ3) is 3.37. The van der Waals surface area contributed by atoms with Crippen molar-refractivity contribution < 1.29 is 13.6 Å². The number of benzene rings is 2. The minimum Gasteiger partial charge on any atom is -0.345 e. The molecule has 116 valence electrons. The monoisotopic (exact) mass is 315 g/mol. The zero-order valence-corrected chi connectivity index (χ0v) is 11.8. The Morgan fingerprint density at radius 2 is 1.87 bits per heavy atom. The zero-order chi connectivity index (χ0) is 16.2. The molecule has 1 N–H and O–H groups in total. The van der Waals surface area contributed by atoms with Gasteiger partial charge in [0.1, 0.15) is 11.6 Å². The number of aromatic nitrogens is 4. The van der Waals surface area contributed by atoms with Gasteiger partial charge in [-0.05, 0) is 52.9 Å². The number of carbonyl (C=O) groups excluding carboxylic acids is 1. The third-order valence-electron chi connectivity index (χ3n) is 3.10. The fourth-order valence-electron chi connectivity index (χ4n) is 1.99. The fourth-order valence-corrected chi connectivity index (χ4v) is 1.99. The number of halogens is 2. The molecule has 0 spiro atoms. The van der Waals surface area contributed by atoms with E-state index >= 15 is 0 Å². The van der Waals surface area contributed by atoms with Gasteiger partial charge in [-0.3, -0.25) is 4.79 Å². The third-order valence-corrected chi connectivity index (χ3v) is 3.10. The van der Waals surface area contributed by atoms with E-state index in [1.165, 1.54) is 47.1 Å². The molecule has 0 unspecified atom stereocenters. The first-order chi connectivity index (χ1) is 11.1. The standard InChI is InChI=1S/C15H11F2N5O/c16-11-4-6-13(7-5-11)22-14(19-20-21-22)9-18-15(23)10-2-1-3-12(17)8-10/h1-8H,9H2,(H,18,23). The second-order valence-corrected chi connectivity index (χ2v) is 4.68. The maximum atomic E-state index is 13.1. The van der Waals surface area contributed by atoms with Gasteiger partial charge in [-0.25, -0.2) is 8.78 Å². The molecule has 6 nitrogen and oxygen atoms in total. The van der Waals surface area contributed by atoms with Crippen molar-refractivity contribution in [1.29, 1.82) is 0 Å². The van der Waals surface area contributed by atoms with Crippen LogP contribution in [0.2, 0.25) is 0 Å². The summed E-state index contributed by atoms with van der Waals surface area (Å²) in [5.74, 6) is -0.948. The minimum atomic E-state index is -0.492. The Bertz CT molecular complexity index is 832. The van der Waals surface area contributed by atoms with Gasteiger partial charge in [0.2, 0.25) is 0 Å². The quantitative estimate of drug-likeness (QED) is 0.798. The van der Waals surface area contributed by atoms with Crippen molar-refractivity contribution in [2.24, 2.45) is 0 Å². The van der Waals surface area contributed by atoms with E-state index in [2.05, 4.69) is 20.8 Å². The fraction of sp³-hybridized carbons (Fsp3) is 0.0667. The van der Waals surface area contributed by atoms with Crippen LogP contribution in [0.3, 0.4) is 0 Å². The molecule has 0 saturated heterocycles. The van der Waals surface area contributed by atoms with E-state index in [1.54, 1.807) is 0 Å². The topological polar surface area (TPSA) is 72.7 Å². The highest BCUT2D eigenvalue weighted by Gasteiger charge is 2.11. The van der Waals surface area contributed by atoms with Crippen LogP contribution in [-0.4, -0.2) is 26.1 Å². The van der Waals surface area contributed by atoms with Crippen LogP contribution < -0.4 is 5.32 Å². The molecule has 0 atom stereocenters. The van der Waals surface area contributed by atoms with Gasteiger partial charge in [0, 0.05) is 5.56 Å². The van der Waals surface area contributed by atoms with Crippen LogP contribution in [0.25, 0.3) is 5.69 Å². The van der Waals surface area contributed by atoms with Gasteiger partial charge in [0.15, 0.2) is 5.82 Å². The Balaban J connectivity index is 1.73. The molecule has 0 bridgehead atoms. The van der Waals surface area contributed by atoms with Gasteiger partial charge in [-0.2, -0.15) is 4.68 Å². The molecule has 1 aromatic heterocycles. The lowest BCUT2D eigenvalue weighted by Crippen LogP contribution is -2.24. The van der Waals surface area contributed by atoms with Crippen molar-refractivity contribution >= 4 is 5.91 Å². The van der Waals surface area contributed by atoms with Gasteiger partial charge < -0.3 is 5.32 Å². The molecule has 1 amide bonds. The zero-order valence-electron chi connectivity index (χ0n) is 11.8. The molecule has 0 aliphatic carbocycles. The smallest absolute Gasteiger partial charge is 0.251 e. The molecule has 0 aliphatic rings. The predicted molar refractivity (Wildman–Crippen MR) is 76.7 cm³/mol. The van der Waals surface area contributed by atoms with Crippen LogP contribution in [0, 0.1) is 11.6 Å². The van der Waals surface area contributed by atoms with Crippen molar-refractivity contribution in [2.45, 2.75) is 6.54 Å². The summed E-state index contributed by atoms with van der Waals surface area (Å²) in [5, 5.41) is 13.8. The first-order valence-corrected chi connectivity index (χ1v) is 6.70. The summed E-state index contributed by atoms with van der Waals surface area (Å²) >= 11 is 0. The van der Waals surface area contributed by atoms with Crippen LogP contribution in [0.5, 0.6) is 0 Å². The molecule has 0 radical (unpaired) electrons. The molecular formula is C15H11F2N5O. The Morgan fingerprint density at radius 1 is 1.09 bits per heavy atom. The van der Waals surface area contributed by atoms with Gasteiger partial charge in [-0.1, -0.05) is 6.07 Å².